The summed E-state index contributed by atoms with van der Waals surface area (Å²) >= 11 is 0. The standard InChI is InChI=1S/C15H23NO2/c1-10(2)13(18)16-15-6-11-3-12(7-15)5-14(4-11,8-15)9-17/h11-12,17H,1,3-9H2,2H3,(H,16,18). The molecule has 2 N–H and O–H groups in total. The number of amides is 1. The summed E-state index contributed by atoms with van der Waals surface area (Å²) < 4.78 is 0. The minimum absolute atomic E-state index is 0.00922. The molecule has 4 aliphatic rings. The smallest absolute Gasteiger partial charge is 0.246 e. The highest BCUT2D eigenvalue weighted by Gasteiger charge is 2.57. The summed E-state index contributed by atoms with van der Waals surface area (Å²) in [5.74, 6) is 1.39. The molecule has 3 heteroatoms. The van der Waals surface area contributed by atoms with Gasteiger partial charge in [-0.05, 0) is 62.7 Å². The molecule has 0 aromatic rings. The topological polar surface area (TPSA) is 49.3 Å². The molecule has 100 valence electrons. The third-order valence-corrected chi connectivity index (χ3v) is 5.28. The maximum atomic E-state index is 11.9. The summed E-state index contributed by atoms with van der Waals surface area (Å²) in [6, 6.07) is 0. The van der Waals surface area contributed by atoms with E-state index in [-0.39, 0.29) is 23.5 Å². The maximum Gasteiger partial charge on any atom is 0.246 e. The van der Waals surface area contributed by atoms with Crippen LogP contribution in [0.5, 0.6) is 0 Å². The summed E-state index contributed by atoms with van der Waals surface area (Å²) in [6.07, 6.45) is 6.78. The van der Waals surface area contributed by atoms with Crippen LogP contribution in [-0.4, -0.2) is 23.2 Å². The van der Waals surface area contributed by atoms with Crippen LogP contribution in [0.15, 0.2) is 12.2 Å². The van der Waals surface area contributed by atoms with Crippen molar-refractivity contribution < 1.29 is 9.90 Å². The van der Waals surface area contributed by atoms with Crippen molar-refractivity contribution in [3.05, 3.63) is 12.2 Å². The fourth-order valence-corrected chi connectivity index (χ4v) is 5.13. The maximum absolute atomic E-state index is 11.9. The van der Waals surface area contributed by atoms with Crippen LogP contribution in [0.1, 0.15) is 45.4 Å². The van der Waals surface area contributed by atoms with Crippen LogP contribution in [0, 0.1) is 17.3 Å². The van der Waals surface area contributed by atoms with Gasteiger partial charge in [0.25, 0.3) is 0 Å². The summed E-state index contributed by atoms with van der Waals surface area (Å²) in [6.45, 7) is 5.77. The molecule has 0 heterocycles. The van der Waals surface area contributed by atoms with Gasteiger partial charge in [-0.25, -0.2) is 0 Å². The van der Waals surface area contributed by atoms with Gasteiger partial charge in [0.1, 0.15) is 0 Å². The second kappa shape index (κ2) is 3.83. The molecule has 4 aliphatic carbocycles. The van der Waals surface area contributed by atoms with Gasteiger partial charge in [-0.3, -0.25) is 4.79 Å². The Balaban J connectivity index is 1.84. The molecule has 0 aromatic heterocycles. The number of aliphatic hydroxyl groups excluding tert-OH is 1. The highest BCUT2D eigenvalue weighted by Crippen LogP contribution is 2.61. The summed E-state index contributed by atoms with van der Waals surface area (Å²) in [5.41, 5.74) is 0.624. The van der Waals surface area contributed by atoms with E-state index in [4.69, 9.17) is 0 Å². The van der Waals surface area contributed by atoms with Crippen molar-refractivity contribution in [3.63, 3.8) is 0 Å². The van der Waals surface area contributed by atoms with E-state index in [0.29, 0.717) is 17.4 Å². The molecule has 0 spiro atoms. The number of carbonyl (C=O) groups excluding carboxylic acids is 1. The van der Waals surface area contributed by atoms with Gasteiger partial charge in [-0.15, -0.1) is 0 Å². The zero-order chi connectivity index (χ0) is 13.0. The monoisotopic (exact) mass is 249 g/mol. The highest BCUT2D eigenvalue weighted by atomic mass is 16.3. The molecule has 4 rings (SSSR count). The Morgan fingerprint density at radius 1 is 1.33 bits per heavy atom. The van der Waals surface area contributed by atoms with Crippen molar-refractivity contribution in [1.82, 2.24) is 5.32 Å². The van der Waals surface area contributed by atoms with Gasteiger partial charge in [-0.2, -0.15) is 0 Å². The second-order valence-corrected chi connectivity index (χ2v) is 7.13. The fourth-order valence-electron chi connectivity index (χ4n) is 5.13. The second-order valence-electron chi connectivity index (χ2n) is 7.13. The Morgan fingerprint density at radius 3 is 2.44 bits per heavy atom. The van der Waals surface area contributed by atoms with Gasteiger partial charge in [0, 0.05) is 17.7 Å². The van der Waals surface area contributed by atoms with Crippen molar-refractivity contribution in [1.29, 1.82) is 0 Å². The zero-order valence-corrected chi connectivity index (χ0v) is 11.2. The minimum atomic E-state index is -0.0527. The van der Waals surface area contributed by atoms with Crippen molar-refractivity contribution >= 4 is 5.91 Å². The molecule has 2 atom stereocenters. The Hall–Kier alpha value is -0.830. The average Bonchev–Trinajstić information content (AvgIpc) is 2.26. The molecule has 0 aliphatic heterocycles. The Kier molecular flexibility index (Phi) is 2.60. The van der Waals surface area contributed by atoms with Crippen LogP contribution >= 0.6 is 0 Å². The molecule has 0 aromatic carbocycles. The molecule has 2 unspecified atom stereocenters. The summed E-state index contributed by atoms with van der Waals surface area (Å²) in [4.78, 5) is 11.9. The van der Waals surface area contributed by atoms with Gasteiger partial charge >= 0.3 is 0 Å². The van der Waals surface area contributed by atoms with E-state index in [1.165, 1.54) is 6.42 Å². The molecule has 0 saturated heterocycles. The number of rotatable bonds is 3. The fraction of sp³-hybridized carbons (Fsp3) is 0.800. The van der Waals surface area contributed by atoms with Crippen LogP contribution in [0.25, 0.3) is 0 Å². The van der Waals surface area contributed by atoms with E-state index in [1.807, 2.05) is 0 Å². The molecular formula is C15H23NO2. The lowest BCUT2D eigenvalue weighted by atomic mass is 9.47. The first-order chi connectivity index (χ1) is 8.46. The van der Waals surface area contributed by atoms with Gasteiger partial charge < -0.3 is 10.4 Å². The molecule has 18 heavy (non-hydrogen) atoms. The molecular weight excluding hydrogens is 226 g/mol. The first-order valence-electron chi connectivity index (χ1n) is 7.05. The number of hydrogen-bond donors (Lipinski definition) is 2. The number of aliphatic hydroxyl groups is 1. The van der Waals surface area contributed by atoms with E-state index >= 15 is 0 Å². The third-order valence-electron chi connectivity index (χ3n) is 5.28. The minimum Gasteiger partial charge on any atom is -0.396 e. The summed E-state index contributed by atoms with van der Waals surface area (Å²) in [5, 5.41) is 13.0. The number of hydrogen-bond acceptors (Lipinski definition) is 2. The zero-order valence-electron chi connectivity index (χ0n) is 11.2. The van der Waals surface area contributed by atoms with E-state index in [9.17, 15) is 9.90 Å². The highest BCUT2D eigenvalue weighted by molar-refractivity contribution is 5.92. The number of carbonyl (C=O) groups is 1. The number of nitrogens with one attached hydrogen (secondary N) is 1. The lowest BCUT2D eigenvalue weighted by Crippen LogP contribution is -2.63. The first-order valence-corrected chi connectivity index (χ1v) is 7.05. The Morgan fingerprint density at radius 2 is 1.94 bits per heavy atom. The van der Waals surface area contributed by atoms with Gasteiger partial charge in [0.2, 0.25) is 5.91 Å². The van der Waals surface area contributed by atoms with Gasteiger partial charge in [0.05, 0.1) is 0 Å². The lowest BCUT2D eigenvalue weighted by Gasteiger charge is -2.61. The SMILES string of the molecule is C=C(C)C(=O)NC12CC3CC(CC(CO)(C3)C1)C2. The van der Waals surface area contributed by atoms with E-state index in [2.05, 4.69) is 11.9 Å². The molecule has 4 saturated carbocycles. The van der Waals surface area contributed by atoms with Crippen LogP contribution in [-0.2, 0) is 4.79 Å². The van der Waals surface area contributed by atoms with E-state index < -0.39 is 0 Å². The lowest BCUT2D eigenvalue weighted by molar-refractivity contribution is -0.131. The normalized spacial score (nSPS) is 45.0. The first kappa shape index (κ1) is 12.2. The largest absolute Gasteiger partial charge is 0.396 e. The Labute approximate surface area is 109 Å². The Bertz CT molecular complexity index is 387. The van der Waals surface area contributed by atoms with E-state index in [0.717, 1.165) is 32.1 Å². The van der Waals surface area contributed by atoms with Crippen LogP contribution in [0.3, 0.4) is 0 Å². The van der Waals surface area contributed by atoms with Crippen molar-refractivity contribution in [3.8, 4) is 0 Å². The molecule has 3 nitrogen and oxygen atoms in total. The quantitative estimate of drug-likeness (QED) is 0.752. The van der Waals surface area contributed by atoms with Gasteiger partial charge in [0.15, 0.2) is 0 Å². The third kappa shape index (κ3) is 1.80. The van der Waals surface area contributed by atoms with Crippen LogP contribution < -0.4 is 5.32 Å². The molecule has 1 amide bonds. The predicted molar refractivity (Wildman–Crippen MR) is 69.9 cm³/mol. The van der Waals surface area contributed by atoms with Crippen LogP contribution in [0.2, 0.25) is 0 Å². The predicted octanol–water partition coefficient (Wildman–Crippen LogP) is 2.01. The summed E-state index contributed by atoms with van der Waals surface area (Å²) in [7, 11) is 0. The molecule has 0 radical (unpaired) electrons. The van der Waals surface area contributed by atoms with Crippen molar-refractivity contribution in [2.24, 2.45) is 17.3 Å². The van der Waals surface area contributed by atoms with Gasteiger partial charge in [-0.1, -0.05) is 6.58 Å². The molecule has 4 bridgehead atoms. The van der Waals surface area contributed by atoms with E-state index in [1.54, 1.807) is 6.92 Å². The molecule has 4 fully saturated rings. The average molecular weight is 249 g/mol. The van der Waals surface area contributed by atoms with Crippen molar-refractivity contribution in [2.75, 3.05) is 6.61 Å². The van der Waals surface area contributed by atoms with Crippen LogP contribution in [0.4, 0.5) is 0 Å². The van der Waals surface area contributed by atoms with Crippen molar-refractivity contribution in [2.45, 2.75) is 51.0 Å².